The number of benzene rings is 2. The number of para-hydroxylation sites is 1. The number of halogens is 1. The number of hydrogen-bond donors (Lipinski definition) is 1. The molecule has 0 aliphatic carbocycles. The van der Waals surface area contributed by atoms with E-state index >= 15 is 0 Å². The Morgan fingerprint density at radius 3 is 2.36 bits per heavy atom. The maximum atomic E-state index is 14.7. The lowest BCUT2D eigenvalue weighted by molar-refractivity contribution is -0.149. The van der Waals surface area contributed by atoms with Gasteiger partial charge in [0.2, 0.25) is 11.8 Å². The van der Waals surface area contributed by atoms with Gasteiger partial charge in [0.1, 0.15) is 17.4 Å². The number of hydrogen-bond acceptors (Lipinski definition) is 6. The quantitative estimate of drug-likeness (QED) is 0.311. The van der Waals surface area contributed by atoms with E-state index in [1.54, 1.807) is 60.4 Å². The molecule has 2 aromatic rings. The Balaban J connectivity index is 1.61. The number of aliphatic hydroxyl groups is 1. The van der Waals surface area contributed by atoms with E-state index in [-0.39, 0.29) is 31.5 Å². The minimum Gasteiger partial charge on any atom is -0.494 e. The maximum absolute atomic E-state index is 14.7. The van der Waals surface area contributed by atoms with Gasteiger partial charge in [-0.25, -0.2) is 0 Å². The average Bonchev–Trinajstić information content (AvgIpc) is 3.66. The highest BCUT2D eigenvalue weighted by Crippen LogP contribution is 2.65. The number of amides is 3. The first-order chi connectivity index (χ1) is 21.6. The zero-order valence-electron chi connectivity index (χ0n) is 26.2. The van der Waals surface area contributed by atoms with Crippen molar-refractivity contribution in [1.82, 2.24) is 4.90 Å². The number of fused-ring (bicyclic) bond motifs is 1. The van der Waals surface area contributed by atoms with Crippen LogP contribution >= 0.6 is 11.6 Å². The summed E-state index contributed by atoms with van der Waals surface area (Å²) in [5.74, 6) is -2.12. The standard InChI is InChI=1S/C35H42ClN3O6/c1-6-20-37(24-14-16-25(17-15-24)44-9-4)31(41)28-29-32(42)39(23(5)22-40)30(35(29)19-18-34(28,8-3)45-35)33(43)38(21-7-2)27-13-11-10-12-26(27)36/h6-7,10-17,23,28-30,40H,1-2,8-9,18-22H2,3-5H3/t23-,28-,29+,30?,34+,35?/m1/s1. The number of ether oxygens (including phenoxy) is 2. The molecular formula is C35H42ClN3O6. The molecule has 3 amide bonds. The van der Waals surface area contributed by atoms with Crippen LogP contribution in [-0.2, 0) is 19.1 Å². The maximum Gasteiger partial charge on any atom is 0.253 e. The first kappa shape index (κ1) is 32.7. The lowest BCUT2D eigenvalue weighted by atomic mass is 9.64. The fraction of sp³-hybridized carbons (Fsp3) is 0.457. The molecule has 1 N–H and O–H groups in total. The van der Waals surface area contributed by atoms with Crippen molar-refractivity contribution in [3.8, 4) is 5.75 Å². The number of carbonyl (C=O) groups excluding carboxylic acids is 3. The second kappa shape index (κ2) is 13.0. The van der Waals surface area contributed by atoms with Crippen LogP contribution in [0.2, 0.25) is 5.02 Å². The molecule has 0 radical (unpaired) electrons. The molecule has 2 unspecified atom stereocenters. The minimum absolute atomic E-state index is 0.140. The van der Waals surface area contributed by atoms with E-state index in [4.69, 9.17) is 21.1 Å². The molecular weight excluding hydrogens is 594 g/mol. The third-order valence-electron chi connectivity index (χ3n) is 9.62. The summed E-state index contributed by atoms with van der Waals surface area (Å²) in [6.07, 6.45) is 4.66. The molecule has 5 rings (SSSR count). The van der Waals surface area contributed by atoms with Crippen molar-refractivity contribution in [2.24, 2.45) is 11.8 Å². The fourth-order valence-corrected chi connectivity index (χ4v) is 7.87. The first-order valence-corrected chi connectivity index (χ1v) is 16.0. The van der Waals surface area contributed by atoms with E-state index in [9.17, 15) is 19.5 Å². The molecule has 2 bridgehead atoms. The van der Waals surface area contributed by atoms with Gasteiger partial charge in [0.15, 0.2) is 0 Å². The van der Waals surface area contributed by atoms with Gasteiger partial charge in [-0.1, -0.05) is 42.8 Å². The Labute approximate surface area is 270 Å². The number of anilines is 2. The van der Waals surface area contributed by atoms with Crippen molar-refractivity contribution in [2.45, 2.75) is 63.3 Å². The average molecular weight is 636 g/mol. The highest BCUT2D eigenvalue weighted by Gasteiger charge is 2.79. The summed E-state index contributed by atoms with van der Waals surface area (Å²) in [6, 6.07) is 12.5. The van der Waals surface area contributed by atoms with Gasteiger partial charge in [0.25, 0.3) is 5.91 Å². The zero-order valence-corrected chi connectivity index (χ0v) is 26.9. The lowest BCUT2D eigenvalue weighted by Gasteiger charge is -2.39. The van der Waals surface area contributed by atoms with E-state index in [1.807, 2.05) is 26.0 Å². The van der Waals surface area contributed by atoms with E-state index in [2.05, 4.69) is 13.2 Å². The molecule has 0 saturated carbocycles. The third kappa shape index (κ3) is 5.24. The highest BCUT2D eigenvalue weighted by molar-refractivity contribution is 6.34. The smallest absolute Gasteiger partial charge is 0.253 e. The Hall–Kier alpha value is -3.66. The number of nitrogens with zero attached hydrogens (tertiary/aromatic N) is 3. The molecule has 3 fully saturated rings. The van der Waals surface area contributed by atoms with Crippen LogP contribution in [0.4, 0.5) is 11.4 Å². The highest BCUT2D eigenvalue weighted by atomic mass is 35.5. The van der Waals surface area contributed by atoms with Crippen molar-refractivity contribution in [3.63, 3.8) is 0 Å². The third-order valence-corrected chi connectivity index (χ3v) is 9.94. The molecule has 9 nitrogen and oxygen atoms in total. The topological polar surface area (TPSA) is 99.6 Å². The number of carbonyl (C=O) groups is 3. The normalized spacial score (nSPS) is 27.2. The monoisotopic (exact) mass is 635 g/mol. The van der Waals surface area contributed by atoms with Crippen molar-refractivity contribution in [1.29, 1.82) is 0 Å². The van der Waals surface area contributed by atoms with E-state index in [1.165, 1.54) is 9.80 Å². The van der Waals surface area contributed by atoms with Gasteiger partial charge >= 0.3 is 0 Å². The number of likely N-dealkylation sites (tertiary alicyclic amines) is 1. The summed E-state index contributed by atoms with van der Waals surface area (Å²) >= 11 is 6.56. The number of aliphatic hydroxyl groups excluding tert-OH is 1. The Morgan fingerprint density at radius 2 is 1.76 bits per heavy atom. The molecule has 10 heteroatoms. The van der Waals surface area contributed by atoms with Crippen LogP contribution in [0.5, 0.6) is 5.75 Å². The first-order valence-electron chi connectivity index (χ1n) is 15.6. The predicted octanol–water partition coefficient (Wildman–Crippen LogP) is 5.01. The second-order valence-corrected chi connectivity index (χ2v) is 12.4. The molecule has 45 heavy (non-hydrogen) atoms. The van der Waals surface area contributed by atoms with Crippen LogP contribution in [0, 0.1) is 11.8 Å². The lowest BCUT2D eigenvalue weighted by Crippen LogP contribution is -2.58. The molecule has 1 spiro atoms. The largest absolute Gasteiger partial charge is 0.494 e. The molecule has 3 aliphatic rings. The van der Waals surface area contributed by atoms with Crippen LogP contribution < -0.4 is 14.5 Å². The Morgan fingerprint density at radius 1 is 1.09 bits per heavy atom. The molecule has 3 saturated heterocycles. The van der Waals surface area contributed by atoms with Gasteiger partial charge < -0.3 is 29.3 Å². The van der Waals surface area contributed by atoms with E-state index in [0.29, 0.717) is 48.0 Å². The molecule has 3 aliphatic heterocycles. The molecule has 6 atom stereocenters. The van der Waals surface area contributed by atoms with Crippen LogP contribution in [-0.4, -0.2) is 77.3 Å². The van der Waals surface area contributed by atoms with Crippen LogP contribution in [0.1, 0.15) is 40.0 Å². The fourth-order valence-electron chi connectivity index (χ4n) is 7.64. The van der Waals surface area contributed by atoms with Crippen molar-refractivity contribution < 1.29 is 29.0 Å². The van der Waals surface area contributed by atoms with Gasteiger partial charge in [-0.05, 0) is 69.5 Å². The molecule has 0 aromatic heterocycles. The minimum atomic E-state index is -1.27. The molecule has 2 aromatic carbocycles. The predicted molar refractivity (Wildman–Crippen MR) is 174 cm³/mol. The SMILES string of the molecule is C=CCN(C(=O)[C@H]1[C@H]2C(=O)N([C@H](C)CO)C(C(=O)N(CC=C)c3ccccc3Cl)C23CC[C@]1(CC)O3)c1ccc(OCC)cc1. The van der Waals surface area contributed by atoms with Gasteiger partial charge in [-0.15, -0.1) is 13.2 Å². The van der Waals surface area contributed by atoms with Crippen LogP contribution in [0.25, 0.3) is 0 Å². The van der Waals surface area contributed by atoms with Crippen LogP contribution in [0.3, 0.4) is 0 Å². The van der Waals surface area contributed by atoms with Crippen molar-refractivity contribution in [2.75, 3.05) is 36.1 Å². The Kier molecular flexibility index (Phi) is 9.44. The molecule has 3 heterocycles. The van der Waals surface area contributed by atoms with Crippen molar-refractivity contribution >= 4 is 40.7 Å². The van der Waals surface area contributed by atoms with E-state index < -0.39 is 41.0 Å². The van der Waals surface area contributed by atoms with E-state index in [0.717, 1.165) is 0 Å². The summed E-state index contributed by atoms with van der Waals surface area (Å²) in [5.41, 5.74) is -1.09. The van der Waals surface area contributed by atoms with Gasteiger partial charge in [-0.3, -0.25) is 14.4 Å². The molecule has 240 valence electrons. The van der Waals surface area contributed by atoms with Crippen LogP contribution in [0.15, 0.2) is 73.8 Å². The van der Waals surface area contributed by atoms with Gasteiger partial charge in [0, 0.05) is 18.8 Å². The zero-order chi connectivity index (χ0) is 32.5. The second-order valence-electron chi connectivity index (χ2n) is 12.0. The van der Waals surface area contributed by atoms with Gasteiger partial charge in [-0.2, -0.15) is 0 Å². The van der Waals surface area contributed by atoms with Crippen molar-refractivity contribution in [3.05, 3.63) is 78.9 Å². The Bertz CT molecular complexity index is 1470. The summed E-state index contributed by atoms with van der Waals surface area (Å²) in [7, 11) is 0. The summed E-state index contributed by atoms with van der Waals surface area (Å²) < 4.78 is 12.5. The summed E-state index contributed by atoms with van der Waals surface area (Å²) in [6.45, 7) is 13.8. The van der Waals surface area contributed by atoms with Gasteiger partial charge in [0.05, 0.1) is 47.4 Å². The summed E-state index contributed by atoms with van der Waals surface area (Å²) in [5, 5.41) is 10.7. The number of rotatable bonds is 13. The summed E-state index contributed by atoms with van der Waals surface area (Å²) in [4.78, 5) is 48.6.